The summed E-state index contributed by atoms with van der Waals surface area (Å²) in [6.07, 6.45) is 0.122. The maximum absolute atomic E-state index is 13.1. The summed E-state index contributed by atoms with van der Waals surface area (Å²) in [6.45, 7) is 1.86. The Hall–Kier alpha value is -3.36. The number of carboxylic acids is 2. The van der Waals surface area contributed by atoms with Crippen LogP contribution in [0.3, 0.4) is 0 Å². The molecule has 240 valence electrons. The molecule has 3 heterocycles. The number of phenolic OH excluding ortho intramolecular Hbond substituents is 1. The first-order valence-electron chi connectivity index (χ1n) is 13.9. The number of carbonyl (C=O) groups excluding carboxylic acids is 3. The van der Waals surface area contributed by atoms with Crippen LogP contribution in [0, 0.1) is 6.92 Å². The zero-order chi connectivity index (χ0) is 33.1. The van der Waals surface area contributed by atoms with Crippen molar-refractivity contribution in [2.75, 3.05) is 17.3 Å². The highest BCUT2D eigenvalue weighted by Gasteiger charge is 2.52. The van der Waals surface area contributed by atoms with E-state index >= 15 is 0 Å². The minimum absolute atomic E-state index is 0.0112. The first kappa shape index (κ1) is 34.0. The first-order valence-corrected chi connectivity index (χ1v) is 17.7. The molecule has 0 bridgehead atoms. The van der Waals surface area contributed by atoms with E-state index in [1.807, 2.05) is 29.7 Å². The minimum Gasteiger partial charge on any atom is -0.543 e. The number of carboxylic acid groups (broad SMARTS) is 2. The third-order valence-electron chi connectivity index (χ3n) is 7.21. The predicted molar refractivity (Wildman–Crippen MR) is 175 cm³/mol. The van der Waals surface area contributed by atoms with Crippen LogP contribution < -0.4 is 15.0 Å². The van der Waals surface area contributed by atoms with Gasteiger partial charge in [0.05, 0.1) is 34.9 Å². The molecular weight excluding hydrogens is 693 g/mol. The summed E-state index contributed by atoms with van der Waals surface area (Å²) in [5.41, 5.74) is 2.48. The van der Waals surface area contributed by atoms with E-state index in [0.29, 0.717) is 37.6 Å². The molecule has 2 aromatic carbocycles. The number of amides is 2. The van der Waals surface area contributed by atoms with Crippen LogP contribution in [0.2, 0.25) is 10.0 Å². The van der Waals surface area contributed by atoms with Crippen LogP contribution in [0.5, 0.6) is 5.75 Å². The molecule has 5 rings (SSSR count). The summed E-state index contributed by atoms with van der Waals surface area (Å²) < 4.78 is 1.87. The van der Waals surface area contributed by atoms with Crippen molar-refractivity contribution in [3.05, 3.63) is 87.3 Å². The number of hydrogen-bond acceptors (Lipinski definition) is 9. The van der Waals surface area contributed by atoms with E-state index < -0.39 is 35.2 Å². The molecular formula is C31H27Cl2N3O7S3. The molecule has 2 amide bonds. The molecule has 1 fully saturated rings. The van der Waals surface area contributed by atoms with Crippen LogP contribution >= 0.6 is 58.5 Å². The van der Waals surface area contributed by atoms with E-state index in [0.717, 1.165) is 10.6 Å². The number of rotatable bonds is 12. The number of halogens is 2. The molecule has 3 aromatic rings. The number of phenols is 1. The summed E-state index contributed by atoms with van der Waals surface area (Å²) in [7, 11) is 0. The third-order valence-corrected chi connectivity index (χ3v) is 11.3. The van der Waals surface area contributed by atoms with Gasteiger partial charge in [0, 0.05) is 57.9 Å². The highest BCUT2D eigenvalue weighted by molar-refractivity contribution is 8.01. The number of β-lactam (4-membered cyclic amide) rings is 1. The third kappa shape index (κ3) is 7.60. The Balaban J connectivity index is 1.29. The molecule has 0 radical (unpaired) electrons. The summed E-state index contributed by atoms with van der Waals surface area (Å²) in [4.78, 5) is 52.0. The second-order valence-corrected chi connectivity index (χ2v) is 14.4. The van der Waals surface area contributed by atoms with Crippen molar-refractivity contribution in [1.29, 1.82) is 0 Å². The summed E-state index contributed by atoms with van der Waals surface area (Å²) >= 11 is 16.1. The largest absolute Gasteiger partial charge is 0.543 e. The molecule has 1 aromatic heterocycles. The molecule has 2 aliphatic heterocycles. The van der Waals surface area contributed by atoms with Crippen LogP contribution in [-0.2, 0) is 25.6 Å². The number of nitrogens with one attached hydrogen (secondary N) is 1. The van der Waals surface area contributed by atoms with Gasteiger partial charge in [-0.25, -0.2) is 0 Å². The molecule has 0 unspecified atom stereocenters. The van der Waals surface area contributed by atoms with Crippen LogP contribution in [-0.4, -0.2) is 67.5 Å². The molecule has 15 heteroatoms. The van der Waals surface area contributed by atoms with Crippen molar-refractivity contribution in [3.8, 4) is 11.4 Å². The number of nitrogens with zero attached hydrogens (tertiary/aromatic N) is 2. The topological polar surface area (TPSA) is 151 Å². The Kier molecular flexibility index (Phi) is 10.8. The normalized spacial score (nSPS) is 17.4. The van der Waals surface area contributed by atoms with Gasteiger partial charge in [-0.3, -0.25) is 19.3 Å². The number of carbonyl (C=O) groups is 4. The van der Waals surface area contributed by atoms with Gasteiger partial charge in [0.25, 0.3) is 5.91 Å². The average molecular weight is 721 g/mol. The van der Waals surface area contributed by atoms with Crippen LogP contribution in [0.4, 0.5) is 0 Å². The van der Waals surface area contributed by atoms with Gasteiger partial charge in [-0.05, 0) is 29.8 Å². The second kappa shape index (κ2) is 14.6. The monoisotopic (exact) mass is 719 g/mol. The number of aryl methyl sites for hydroxylation is 2. The number of aliphatic carboxylic acids is 2. The summed E-state index contributed by atoms with van der Waals surface area (Å²) in [6, 6.07) is 14.4. The van der Waals surface area contributed by atoms with Gasteiger partial charge in [0.2, 0.25) is 11.6 Å². The average Bonchev–Trinajstić information content (AvgIpc) is 3.01. The van der Waals surface area contributed by atoms with Crippen molar-refractivity contribution < 1.29 is 39.1 Å². The molecule has 0 aliphatic carbocycles. The SMILES string of the molecule is Cc1cc(SCC2=C(C(=O)[O-])N3C(=O)[C@@H](NC(=O)CSc4cc(Cl)ccc4Cl)[C@H]3SC2)cc(CCC(=O)O)[n+]1-c1cccc(O)c1. The van der Waals surface area contributed by atoms with Gasteiger partial charge in [0.15, 0.2) is 11.4 Å². The second-order valence-electron chi connectivity index (χ2n) is 10.4. The number of pyridine rings is 1. The smallest absolute Gasteiger partial charge is 0.303 e. The lowest BCUT2D eigenvalue weighted by atomic mass is 10.0. The molecule has 0 spiro atoms. The highest BCUT2D eigenvalue weighted by Crippen LogP contribution is 2.41. The fourth-order valence-corrected chi connectivity index (χ4v) is 9.00. The Labute approximate surface area is 287 Å². The lowest BCUT2D eigenvalue weighted by Crippen LogP contribution is -2.71. The quantitative estimate of drug-likeness (QED) is 0.144. The van der Waals surface area contributed by atoms with E-state index in [1.165, 1.54) is 40.2 Å². The van der Waals surface area contributed by atoms with Crippen molar-refractivity contribution in [3.63, 3.8) is 0 Å². The lowest BCUT2D eigenvalue weighted by molar-refractivity contribution is -0.611. The molecule has 46 heavy (non-hydrogen) atoms. The van der Waals surface area contributed by atoms with Gasteiger partial charge >= 0.3 is 5.97 Å². The molecule has 2 atom stereocenters. The van der Waals surface area contributed by atoms with E-state index in [9.17, 15) is 34.5 Å². The Bertz CT molecular complexity index is 1770. The molecule has 2 aliphatic rings. The van der Waals surface area contributed by atoms with Gasteiger partial charge in [-0.15, -0.1) is 35.3 Å². The fourth-order valence-electron chi connectivity index (χ4n) is 5.17. The first-order chi connectivity index (χ1) is 21.9. The summed E-state index contributed by atoms with van der Waals surface area (Å²) in [5, 5.41) is 34.6. The maximum Gasteiger partial charge on any atom is 0.303 e. The standard InChI is InChI=1S/C31H27Cl2N3O7S3/c1-16-9-22(12-20(6-8-26(39)40)35(16)19-3-2-4-21(37)11-19)44-13-17-14-46-30-27(29(41)36(30)28(17)31(42)43)34-25(38)15-45-24-10-18(32)5-7-23(24)33/h2-5,7,9-12,27,30H,6,8,13-15H2,1H3,(H3-,34,37,38,39,40,42,43)/t27-,30-/m1/s1. The Morgan fingerprint density at radius 1 is 1.13 bits per heavy atom. The minimum atomic E-state index is -1.47. The number of aromatic nitrogens is 1. The molecule has 1 saturated heterocycles. The van der Waals surface area contributed by atoms with E-state index in [2.05, 4.69) is 5.32 Å². The van der Waals surface area contributed by atoms with Crippen LogP contribution in [0.15, 0.2) is 75.7 Å². The molecule has 0 saturated carbocycles. The number of aromatic hydroxyl groups is 1. The van der Waals surface area contributed by atoms with Gasteiger partial charge in [0.1, 0.15) is 17.2 Å². The van der Waals surface area contributed by atoms with Crippen LogP contribution in [0.1, 0.15) is 17.8 Å². The number of thioether (sulfide) groups is 3. The predicted octanol–water partition coefficient (Wildman–Crippen LogP) is 3.59. The van der Waals surface area contributed by atoms with E-state index in [1.54, 1.807) is 36.4 Å². The molecule has 3 N–H and O–H groups in total. The fraction of sp³-hybridized carbons (Fsp3) is 0.258. The Morgan fingerprint density at radius 2 is 1.91 bits per heavy atom. The molecule has 10 nitrogen and oxygen atoms in total. The van der Waals surface area contributed by atoms with Crippen LogP contribution in [0.25, 0.3) is 5.69 Å². The highest BCUT2D eigenvalue weighted by atomic mass is 35.5. The van der Waals surface area contributed by atoms with Crippen molar-refractivity contribution in [2.45, 2.75) is 41.0 Å². The maximum atomic E-state index is 13.1. The van der Waals surface area contributed by atoms with Gasteiger partial charge in [-0.1, -0.05) is 29.3 Å². The van der Waals surface area contributed by atoms with Crippen molar-refractivity contribution in [2.24, 2.45) is 0 Å². The number of hydrogen-bond donors (Lipinski definition) is 3. The Morgan fingerprint density at radius 3 is 2.63 bits per heavy atom. The zero-order valence-corrected chi connectivity index (χ0v) is 28.2. The van der Waals surface area contributed by atoms with Gasteiger partial charge in [-0.2, -0.15) is 4.57 Å². The van der Waals surface area contributed by atoms with Crippen molar-refractivity contribution >= 4 is 82.2 Å². The van der Waals surface area contributed by atoms with Crippen molar-refractivity contribution in [1.82, 2.24) is 10.2 Å². The van der Waals surface area contributed by atoms with E-state index in [-0.39, 0.29) is 35.8 Å². The lowest BCUT2D eigenvalue weighted by Gasteiger charge is -2.50. The number of benzene rings is 2. The number of fused-ring (bicyclic) bond motifs is 1. The zero-order valence-electron chi connectivity index (χ0n) is 24.2. The summed E-state index contributed by atoms with van der Waals surface area (Å²) in [5.74, 6) is -2.74. The van der Waals surface area contributed by atoms with E-state index in [4.69, 9.17) is 23.2 Å². The van der Waals surface area contributed by atoms with Gasteiger partial charge < -0.3 is 25.4 Å².